The summed E-state index contributed by atoms with van der Waals surface area (Å²) in [6.07, 6.45) is 0. The molecule has 120 valence electrons. The van der Waals surface area contributed by atoms with Gasteiger partial charge in [-0.05, 0) is 19.1 Å². The minimum Gasteiger partial charge on any atom is -0.359 e. The van der Waals surface area contributed by atoms with E-state index in [0.29, 0.717) is 11.5 Å². The number of carbonyl (C=O) groups is 1. The van der Waals surface area contributed by atoms with Crippen molar-refractivity contribution in [3.05, 3.63) is 41.0 Å². The lowest BCUT2D eigenvalue weighted by molar-refractivity contribution is 0.0942. The molecular formula is C16H18N4O3. The smallest absolute Gasteiger partial charge is 0.270 e. The number of nitrogens with one attached hydrogen (secondary N) is 1. The number of nitrogens with zero attached hydrogens (tertiary/aromatic N) is 3. The first kappa shape index (κ1) is 15.2. The Bertz CT molecular complexity index is 858. The maximum Gasteiger partial charge on any atom is 0.270 e. The summed E-state index contributed by atoms with van der Waals surface area (Å²) in [6, 6.07) is 5.26. The molecule has 0 bridgehead atoms. The Kier molecular flexibility index (Phi) is 3.63. The monoisotopic (exact) mass is 314 g/mol. The largest absolute Gasteiger partial charge is 0.359 e. The molecule has 0 unspecified atom stereocenters. The molecule has 23 heavy (non-hydrogen) atoms. The Morgan fingerprint density at radius 3 is 2.70 bits per heavy atom. The van der Waals surface area contributed by atoms with Crippen LogP contribution in [0.25, 0.3) is 11.1 Å². The van der Waals surface area contributed by atoms with E-state index in [2.05, 4.69) is 20.6 Å². The Labute approximate surface area is 133 Å². The van der Waals surface area contributed by atoms with E-state index in [0.717, 1.165) is 16.8 Å². The fourth-order valence-corrected chi connectivity index (χ4v) is 2.08. The van der Waals surface area contributed by atoms with Gasteiger partial charge in [0, 0.05) is 11.5 Å². The zero-order chi connectivity index (χ0) is 16.6. The number of aromatic nitrogens is 3. The van der Waals surface area contributed by atoms with Crippen LogP contribution in [0.4, 0.5) is 0 Å². The van der Waals surface area contributed by atoms with Gasteiger partial charge in [0.1, 0.15) is 5.69 Å². The molecule has 0 aliphatic heterocycles. The number of pyridine rings is 1. The second kappa shape index (κ2) is 5.49. The number of hydrogen-bond acceptors (Lipinski definition) is 6. The minimum absolute atomic E-state index is 0.0947. The zero-order valence-corrected chi connectivity index (χ0v) is 13.5. The van der Waals surface area contributed by atoms with Crippen LogP contribution in [0.5, 0.6) is 0 Å². The van der Waals surface area contributed by atoms with Crippen LogP contribution in [0.1, 0.15) is 48.4 Å². The van der Waals surface area contributed by atoms with Gasteiger partial charge in [-0.25, -0.2) is 4.98 Å². The quantitative estimate of drug-likeness (QED) is 0.799. The van der Waals surface area contributed by atoms with Crippen molar-refractivity contribution in [3.63, 3.8) is 0 Å². The van der Waals surface area contributed by atoms with Crippen LogP contribution in [0.3, 0.4) is 0 Å². The Morgan fingerprint density at radius 2 is 2.00 bits per heavy atom. The SMILES string of the molecule is Cc1noc2nc(C(=O)NCc3cc(C(C)(C)C)no3)ccc12. The first-order valence-corrected chi connectivity index (χ1v) is 7.32. The first-order chi connectivity index (χ1) is 10.8. The summed E-state index contributed by atoms with van der Waals surface area (Å²) >= 11 is 0. The molecule has 0 radical (unpaired) electrons. The van der Waals surface area contributed by atoms with Crippen LogP contribution in [0.15, 0.2) is 27.2 Å². The third kappa shape index (κ3) is 3.08. The van der Waals surface area contributed by atoms with Crippen LogP contribution >= 0.6 is 0 Å². The van der Waals surface area contributed by atoms with E-state index < -0.39 is 0 Å². The Balaban J connectivity index is 1.69. The van der Waals surface area contributed by atoms with Gasteiger partial charge in [0.2, 0.25) is 0 Å². The predicted molar refractivity (Wildman–Crippen MR) is 82.9 cm³/mol. The number of hydrogen-bond donors (Lipinski definition) is 1. The molecular weight excluding hydrogens is 296 g/mol. The summed E-state index contributed by atoms with van der Waals surface area (Å²) in [7, 11) is 0. The maximum absolute atomic E-state index is 12.2. The van der Waals surface area contributed by atoms with E-state index in [9.17, 15) is 4.79 Å². The van der Waals surface area contributed by atoms with Crippen molar-refractivity contribution in [3.8, 4) is 0 Å². The van der Waals surface area contributed by atoms with Gasteiger partial charge in [0.15, 0.2) is 5.76 Å². The van der Waals surface area contributed by atoms with E-state index in [1.165, 1.54) is 0 Å². The number of rotatable bonds is 3. The molecule has 1 N–H and O–H groups in total. The summed E-state index contributed by atoms with van der Waals surface area (Å²) in [5.41, 5.74) is 2.12. The van der Waals surface area contributed by atoms with Crippen molar-refractivity contribution in [2.24, 2.45) is 0 Å². The fourth-order valence-electron chi connectivity index (χ4n) is 2.08. The van der Waals surface area contributed by atoms with Gasteiger partial charge in [0.25, 0.3) is 11.6 Å². The van der Waals surface area contributed by atoms with Crippen LogP contribution < -0.4 is 5.32 Å². The first-order valence-electron chi connectivity index (χ1n) is 7.32. The summed E-state index contributed by atoms with van der Waals surface area (Å²) in [5, 5.41) is 11.4. The molecule has 0 spiro atoms. The van der Waals surface area contributed by atoms with Crippen molar-refractivity contribution >= 4 is 17.0 Å². The number of fused-ring (bicyclic) bond motifs is 1. The van der Waals surface area contributed by atoms with E-state index in [1.54, 1.807) is 12.1 Å². The average molecular weight is 314 g/mol. The lowest BCUT2D eigenvalue weighted by Gasteiger charge is -2.12. The van der Waals surface area contributed by atoms with E-state index in [4.69, 9.17) is 9.05 Å². The second-order valence-corrected chi connectivity index (χ2v) is 6.43. The lowest BCUT2D eigenvalue weighted by atomic mass is 9.92. The molecule has 3 aromatic heterocycles. The van der Waals surface area contributed by atoms with Crippen LogP contribution in [-0.2, 0) is 12.0 Å². The highest BCUT2D eigenvalue weighted by Crippen LogP contribution is 2.21. The van der Waals surface area contributed by atoms with Crippen LogP contribution in [0.2, 0.25) is 0 Å². The van der Waals surface area contributed by atoms with Crippen LogP contribution in [0, 0.1) is 6.92 Å². The molecule has 0 saturated carbocycles. The molecule has 1 amide bonds. The highest BCUT2D eigenvalue weighted by molar-refractivity contribution is 5.94. The summed E-state index contributed by atoms with van der Waals surface area (Å²) < 4.78 is 10.3. The Hall–Kier alpha value is -2.70. The van der Waals surface area contributed by atoms with Gasteiger partial charge in [-0.15, -0.1) is 0 Å². The molecule has 0 fully saturated rings. The van der Waals surface area contributed by atoms with E-state index >= 15 is 0 Å². The molecule has 7 nitrogen and oxygen atoms in total. The number of aryl methyl sites for hydroxylation is 1. The summed E-state index contributed by atoms with van der Waals surface area (Å²) in [5.74, 6) is 0.287. The van der Waals surface area contributed by atoms with Crippen LogP contribution in [-0.4, -0.2) is 21.2 Å². The lowest BCUT2D eigenvalue weighted by Crippen LogP contribution is -2.23. The van der Waals surface area contributed by atoms with Gasteiger partial charge >= 0.3 is 0 Å². The van der Waals surface area contributed by atoms with Gasteiger partial charge in [0.05, 0.1) is 23.3 Å². The molecule has 0 aliphatic carbocycles. The van der Waals surface area contributed by atoms with Crippen molar-refractivity contribution in [1.29, 1.82) is 0 Å². The maximum atomic E-state index is 12.2. The van der Waals surface area contributed by atoms with Crippen molar-refractivity contribution in [1.82, 2.24) is 20.6 Å². The molecule has 0 aromatic carbocycles. The minimum atomic E-state index is -0.310. The molecule has 3 rings (SSSR count). The van der Waals surface area contributed by atoms with Crippen molar-refractivity contribution in [2.45, 2.75) is 39.7 Å². The predicted octanol–water partition coefficient (Wildman–Crippen LogP) is 2.75. The third-order valence-electron chi connectivity index (χ3n) is 3.50. The van der Waals surface area contributed by atoms with Gasteiger partial charge in [-0.3, -0.25) is 4.79 Å². The number of amides is 1. The van der Waals surface area contributed by atoms with E-state index in [1.807, 2.05) is 33.8 Å². The molecule has 3 heterocycles. The van der Waals surface area contributed by atoms with Crippen molar-refractivity contribution < 1.29 is 13.8 Å². The second-order valence-electron chi connectivity index (χ2n) is 6.43. The molecule has 7 heteroatoms. The molecule has 0 saturated heterocycles. The van der Waals surface area contributed by atoms with Gasteiger partial charge in [-0.2, -0.15) is 0 Å². The number of carbonyl (C=O) groups excluding carboxylic acids is 1. The summed E-state index contributed by atoms with van der Waals surface area (Å²) in [4.78, 5) is 16.3. The van der Waals surface area contributed by atoms with Gasteiger partial charge in [-0.1, -0.05) is 31.1 Å². The third-order valence-corrected chi connectivity index (χ3v) is 3.50. The normalized spacial score (nSPS) is 11.8. The highest BCUT2D eigenvalue weighted by atomic mass is 16.5. The zero-order valence-electron chi connectivity index (χ0n) is 13.5. The summed E-state index contributed by atoms with van der Waals surface area (Å²) in [6.45, 7) is 8.21. The van der Waals surface area contributed by atoms with Crippen molar-refractivity contribution in [2.75, 3.05) is 0 Å². The fraction of sp³-hybridized carbons (Fsp3) is 0.375. The molecule has 0 aliphatic rings. The molecule has 0 atom stereocenters. The topological polar surface area (TPSA) is 94.0 Å². The van der Waals surface area contributed by atoms with Gasteiger partial charge < -0.3 is 14.4 Å². The van der Waals surface area contributed by atoms with E-state index in [-0.39, 0.29) is 23.6 Å². The standard InChI is InChI=1S/C16H18N4O3/c1-9-11-5-6-12(18-15(11)23-19-9)14(21)17-8-10-7-13(20-22-10)16(2,3)4/h5-7H,8H2,1-4H3,(H,17,21). The average Bonchev–Trinajstić information content (AvgIpc) is 3.11. The highest BCUT2D eigenvalue weighted by Gasteiger charge is 2.19. The molecule has 3 aromatic rings. The Morgan fingerprint density at radius 1 is 1.22 bits per heavy atom.